The monoisotopic (exact) mass is 368 g/mol. The van der Waals surface area contributed by atoms with Crippen molar-refractivity contribution in [1.29, 1.82) is 0 Å². The second-order valence-electron chi connectivity index (χ2n) is 6.56. The van der Waals surface area contributed by atoms with Crippen LogP contribution in [0.15, 0.2) is 29.3 Å². The van der Waals surface area contributed by atoms with Gasteiger partial charge in [0, 0.05) is 16.0 Å². The first kappa shape index (κ1) is 17.0. The summed E-state index contributed by atoms with van der Waals surface area (Å²) in [5, 5.41) is 3.85. The molecule has 0 bridgehead atoms. The van der Waals surface area contributed by atoms with Gasteiger partial charge in [-0.05, 0) is 30.4 Å². The number of aliphatic imine (C=N–C) groups is 1. The number of benzene rings is 1. The predicted octanol–water partition coefficient (Wildman–Crippen LogP) is 2.99. The molecule has 1 aliphatic heterocycles. The van der Waals surface area contributed by atoms with Crippen molar-refractivity contribution in [2.24, 2.45) is 10.9 Å². The lowest BCUT2D eigenvalue weighted by Gasteiger charge is -2.13. The van der Waals surface area contributed by atoms with Gasteiger partial charge >= 0.3 is 5.97 Å². The smallest absolute Gasteiger partial charge is 0.309 e. The van der Waals surface area contributed by atoms with Gasteiger partial charge in [-0.2, -0.15) is 0 Å². The van der Waals surface area contributed by atoms with Crippen molar-refractivity contribution in [2.75, 3.05) is 19.0 Å². The van der Waals surface area contributed by atoms with Gasteiger partial charge in [-0.1, -0.05) is 31.2 Å². The van der Waals surface area contributed by atoms with E-state index in [1.54, 1.807) is 11.3 Å². The molecule has 1 aromatic carbocycles. The molecule has 2 aromatic rings. The molecule has 1 amide bonds. The number of carbonyl (C=O) groups excluding carboxylic acids is 2. The Bertz CT molecular complexity index is 929. The third-order valence-electron chi connectivity index (χ3n) is 5.03. The SMILES string of the molecule is CCc1ccccc1C1=NCC(=O)Nc2sc3c(c21)CC(C(=O)OC)C3. The van der Waals surface area contributed by atoms with Gasteiger partial charge in [0.25, 0.3) is 0 Å². The average Bonchev–Trinajstić information content (AvgIpc) is 3.15. The Kier molecular flexibility index (Phi) is 4.36. The van der Waals surface area contributed by atoms with Crippen LogP contribution in [-0.2, 0) is 33.6 Å². The molecule has 1 aromatic heterocycles. The van der Waals surface area contributed by atoms with Crippen LogP contribution in [0.2, 0.25) is 0 Å². The van der Waals surface area contributed by atoms with Crippen LogP contribution in [0.3, 0.4) is 0 Å². The molecular weight excluding hydrogens is 348 g/mol. The molecule has 0 saturated carbocycles. The van der Waals surface area contributed by atoms with E-state index in [2.05, 4.69) is 29.4 Å². The van der Waals surface area contributed by atoms with Gasteiger partial charge in [0.05, 0.1) is 18.7 Å². The Balaban J connectivity index is 1.85. The number of nitrogens with one attached hydrogen (secondary N) is 1. The fourth-order valence-corrected chi connectivity index (χ4v) is 5.11. The summed E-state index contributed by atoms with van der Waals surface area (Å²) in [6, 6.07) is 8.19. The minimum absolute atomic E-state index is 0.0975. The van der Waals surface area contributed by atoms with Crippen molar-refractivity contribution in [2.45, 2.75) is 26.2 Å². The van der Waals surface area contributed by atoms with E-state index in [0.717, 1.165) is 38.7 Å². The molecule has 1 aliphatic carbocycles. The zero-order valence-corrected chi connectivity index (χ0v) is 15.6. The van der Waals surface area contributed by atoms with Crippen LogP contribution in [0.5, 0.6) is 0 Å². The van der Waals surface area contributed by atoms with E-state index < -0.39 is 0 Å². The number of carbonyl (C=O) groups is 2. The maximum Gasteiger partial charge on any atom is 0.309 e. The molecular formula is C20H20N2O3S. The number of amides is 1. The molecule has 0 spiro atoms. The van der Waals surface area contributed by atoms with Crippen LogP contribution >= 0.6 is 11.3 Å². The topological polar surface area (TPSA) is 67.8 Å². The van der Waals surface area contributed by atoms with Gasteiger partial charge in [-0.3, -0.25) is 14.6 Å². The third-order valence-corrected chi connectivity index (χ3v) is 6.20. The van der Waals surface area contributed by atoms with Crippen molar-refractivity contribution in [3.8, 4) is 0 Å². The van der Waals surface area contributed by atoms with E-state index in [4.69, 9.17) is 4.74 Å². The number of hydrogen-bond donors (Lipinski definition) is 1. The predicted molar refractivity (Wildman–Crippen MR) is 102 cm³/mol. The average molecular weight is 368 g/mol. The summed E-state index contributed by atoms with van der Waals surface area (Å²) >= 11 is 1.56. The van der Waals surface area contributed by atoms with Gasteiger partial charge in [-0.15, -0.1) is 11.3 Å². The lowest BCUT2D eigenvalue weighted by Crippen LogP contribution is -2.17. The molecule has 2 aliphatic rings. The van der Waals surface area contributed by atoms with Gasteiger partial charge in [-0.25, -0.2) is 0 Å². The number of aryl methyl sites for hydroxylation is 1. The van der Waals surface area contributed by atoms with E-state index in [1.807, 2.05) is 12.1 Å². The molecule has 2 heterocycles. The zero-order chi connectivity index (χ0) is 18.3. The van der Waals surface area contributed by atoms with Crippen molar-refractivity contribution < 1.29 is 14.3 Å². The lowest BCUT2D eigenvalue weighted by molar-refractivity contribution is -0.145. The summed E-state index contributed by atoms with van der Waals surface area (Å²) < 4.78 is 4.93. The molecule has 0 fully saturated rings. The second kappa shape index (κ2) is 6.68. The largest absolute Gasteiger partial charge is 0.469 e. The van der Waals surface area contributed by atoms with E-state index >= 15 is 0 Å². The highest BCUT2D eigenvalue weighted by Crippen LogP contribution is 2.43. The third kappa shape index (κ3) is 2.74. The van der Waals surface area contributed by atoms with Crippen molar-refractivity contribution in [1.82, 2.24) is 0 Å². The van der Waals surface area contributed by atoms with Gasteiger partial charge < -0.3 is 10.1 Å². The minimum Gasteiger partial charge on any atom is -0.469 e. The van der Waals surface area contributed by atoms with Gasteiger partial charge in [0.1, 0.15) is 11.5 Å². The molecule has 0 radical (unpaired) electrons. The zero-order valence-electron chi connectivity index (χ0n) is 14.8. The van der Waals surface area contributed by atoms with E-state index in [-0.39, 0.29) is 24.3 Å². The van der Waals surface area contributed by atoms with E-state index in [9.17, 15) is 9.59 Å². The van der Waals surface area contributed by atoms with Crippen LogP contribution in [-0.4, -0.2) is 31.2 Å². The Hall–Kier alpha value is -2.47. The minimum atomic E-state index is -0.174. The molecule has 1 atom stereocenters. The van der Waals surface area contributed by atoms with E-state index in [0.29, 0.717) is 12.8 Å². The number of methoxy groups -OCH3 is 1. The van der Waals surface area contributed by atoms with Crippen LogP contribution in [0, 0.1) is 5.92 Å². The highest BCUT2D eigenvalue weighted by molar-refractivity contribution is 7.17. The maximum absolute atomic E-state index is 12.1. The number of hydrogen-bond acceptors (Lipinski definition) is 5. The first-order valence-corrected chi connectivity index (χ1v) is 9.59. The van der Waals surface area contributed by atoms with Gasteiger partial charge in [0.15, 0.2) is 0 Å². The molecule has 134 valence electrons. The first-order chi connectivity index (χ1) is 12.6. The maximum atomic E-state index is 12.1. The quantitative estimate of drug-likeness (QED) is 0.847. The van der Waals surface area contributed by atoms with Gasteiger partial charge in [0.2, 0.25) is 5.91 Å². The molecule has 0 saturated heterocycles. The fraction of sp³-hybridized carbons (Fsp3) is 0.350. The van der Waals surface area contributed by atoms with Crippen LogP contribution in [0.1, 0.15) is 34.1 Å². The number of anilines is 1. The van der Waals surface area contributed by atoms with Crippen molar-refractivity contribution in [3.05, 3.63) is 51.4 Å². The summed E-state index contributed by atoms with van der Waals surface area (Å²) in [6.45, 7) is 2.23. The molecule has 1 unspecified atom stereocenters. The van der Waals surface area contributed by atoms with Crippen molar-refractivity contribution >= 4 is 33.9 Å². The summed E-state index contributed by atoms with van der Waals surface area (Å²) in [7, 11) is 1.43. The number of esters is 1. The number of fused-ring (bicyclic) bond motifs is 3. The Labute approximate surface area is 156 Å². The fourth-order valence-electron chi connectivity index (χ4n) is 3.78. The second-order valence-corrected chi connectivity index (χ2v) is 7.67. The van der Waals surface area contributed by atoms with E-state index in [1.165, 1.54) is 12.7 Å². The lowest BCUT2D eigenvalue weighted by atomic mass is 9.94. The summed E-state index contributed by atoms with van der Waals surface area (Å²) in [6.07, 6.45) is 2.19. The molecule has 1 N–H and O–H groups in total. The number of rotatable bonds is 3. The van der Waals surface area contributed by atoms with Crippen LogP contribution < -0.4 is 5.32 Å². The van der Waals surface area contributed by atoms with Crippen molar-refractivity contribution in [3.63, 3.8) is 0 Å². The summed E-state index contributed by atoms with van der Waals surface area (Å²) in [5.41, 5.74) is 5.25. The molecule has 26 heavy (non-hydrogen) atoms. The standard InChI is InChI=1S/C20H20N2O3S/c1-3-11-6-4-5-7-13(11)18-17-14-8-12(20(24)25-2)9-15(14)26-19(17)22-16(23)10-21-18/h4-7,12H,3,8-10H2,1-2H3,(H,22,23). The van der Waals surface area contributed by atoms with Crippen LogP contribution in [0.25, 0.3) is 0 Å². The molecule has 6 heteroatoms. The molecule has 4 rings (SSSR count). The normalized spacial score (nSPS) is 18.5. The number of thiophene rings is 1. The Morgan fingerprint density at radius 2 is 2.15 bits per heavy atom. The first-order valence-electron chi connectivity index (χ1n) is 8.77. The number of ether oxygens (including phenoxy) is 1. The Morgan fingerprint density at radius 1 is 1.35 bits per heavy atom. The summed E-state index contributed by atoms with van der Waals surface area (Å²) in [5.74, 6) is -0.417. The van der Waals surface area contributed by atoms with Crippen LogP contribution in [0.4, 0.5) is 5.00 Å². The summed E-state index contributed by atoms with van der Waals surface area (Å²) in [4.78, 5) is 29.9. The Morgan fingerprint density at radius 3 is 2.92 bits per heavy atom. The highest BCUT2D eigenvalue weighted by Gasteiger charge is 2.36. The molecule has 5 nitrogen and oxygen atoms in total. The number of nitrogens with zero attached hydrogens (tertiary/aromatic N) is 1. The highest BCUT2D eigenvalue weighted by atomic mass is 32.1.